The SMILES string of the molecule is CC(N)=C(C#N)C(=O)COC(=O)c1c2c(nc3ccccc13)C(=Cc1ccc3c(c1)OCO3)CC2. The first-order valence-electron chi connectivity index (χ1n) is 11.0. The summed E-state index contributed by atoms with van der Waals surface area (Å²) in [6.07, 6.45) is 3.33. The van der Waals surface area contributed by atoms with Gasteiger partial charge in [-0.2, -0.15) is 5.26 Å². The highest BCUT2D eigenvalue weighted by atomic mass is 16.7. The first-order valence-corrected chi connectivity index (χ1v) is 11.0. The van der Waals surface area contributed by atoms with Gasteiger partial charge in [0.15, 0.2) is 18.1 Å². The average Bonchev–Trinajstić information content (AvgIpc) is 3.48. The molecule has 0 amide bonds. The zero-order valence-corrected chi connectivity index (χ0v) is 19.0. The Morgan fingerprint density at radius 2 is 1.97 bits per heavy atom. The van der Waals surface area contributed by atoms with E-state index in [1.165, 1.54) is 6.92 Å². The third-order valence-electron chi connectivity index (χ3n) is 6.00. The molecule has 1 aliphatic heterocycles. The van der Waals surface area contributed by atoms with Crippen LogP contribution in [0.4, 0.5) is 0 Å². The van der Waals surface area contributed by atoms with Crippen molar-refractivity contribution in [2.45, 2.75) is 19.8 Å². The molecule has 0 bridgehead atoms. The number of nitrogens with zero attached hydrogens (tertiary/aromatic N) is 2. The highest BCUT2D eigenvalue weighted by molar-refractivity contribution is 6.08. The van der Waals surface area contributed by atoms with Crippen LogP contribution in [0.15, 0.2) is 53.7 Å². The minimum absolute atomic E-state index is 0.0853. The second-order valence-electron chi connectivity index (χ2n) is 8.28. The number of pyridine rings is 1. The molecule has 174 valence electrons. The van der Waals surface area contributed by atoms with Gasteiger partial charge in [-0.1, -0.05) is 24.3 Å². The van der Waals surface area contributed by atoms with Crippen LogP contribution >= 0.6 is 0 Å². The van der Waals surface area contributed by atoms with E-state index in [1.54, 1.807) is 6.07 Å². The van der Waals surface area contributed by atoms with Crippen LogP contribution in [0, 0.1) is 11.3 Å². The Bertz CT molecular complexity index is 1490. The van der Waals surface area contributed by atoms with E-state index in [4.69, 9.17) is 30.2 Å². The van der Waals surface area contributed by atoms with E-state index in [0.717, 1.165) is 22.4 Å². The number of ketones is 1. The average molecular weight is 467 g/mol. The fourth-order valence-electron chi connectivity index (χ4n) is 4.36. The third-order valence-corrected chi connectivity index (χ3v) is 6.00. The van der Waals surface area contributed by atoms with Gasteiger partial charge < -0.3 is 19.9 Å². The fourth-order valence-corrected chi connectivity index (χ4v) is 4.36. The molecule has 0 fully saturated rings. The number of hydrogen-bond acceptors (Lipinski definition) is 8. The Morgan fingerprint density at radius 3 is 2.77 bits per heavy atom. The zero-order chi connectivity index (χ0) is 24.5. The lowest BCUT2D eigenvalue weighted by molar-refractivity contribution is -0.118. The van der Waals surface area contributed by atoms with Crippen molar-refractivity contribution in [3.05, 3.63) is 76.1 Å². The molecule has 0 saturated heterocycles. The molecule has 5 rings (SSSR count). The first-order chi connectivity index (χ1) is 17.0. The van der Waals surface area contributed by atoms with Crippen LogP contribution in [0.25, 0.3) is 22.6 Å². The maximum Gasteiger partial charge on any atom is 0.339 e. The highest BCUT2D eigenvalue weighted by Crippen LogP contribution is 2.39. The summed E-state index contributed by atoms with van der Waals surface area (Å²) in [6, 6.07) is 14.8. The third kappa shape index (κ3) is 4.08. The lowest BCUT2D eigenvalue weighted by Gasteiger charge is -2.12. The molecule has 35 heavy (non-hydrogen) atoms. The Hall–Kier alpha value is -4.64. The van der Waals surface area contributed by atoms with Crippen molar-refractivity contribution in [2.75, 3.05) is 13.4 Å². The molecule has 1 aliphatic carbocycles. The Morgan fingerprint density at radius 1 is 1.17 bits per heavy atom. The van der Waals surface area contributed by atoms with Crippen LogP contribution in [-0.2, 0) is 16.0 Å². The lowest BCUT2D eigenvalue weighted by atomic mass is 10.0. The molecule has 3 aromatic rings. The van der Waals surface area contributed by atoms with E-state index in [-0.39, 0.29) is 18.1 Å². The van der Waals surface area contributed by atoms with Crippen molar-refractivity contribution in [3.8, 4) is 17.6 Å². The van der Waals surface area contributed by atoms with E-state index in [9.17, 15) is 9.59 Å². The number of nitriles is 1. The van der Waals surface area contributed by atoms with E-state index in [0.29, 0.717) is 40.8 Å². The Labute approximate surface area is 201 Å². The molecule has 2 aromatic carbocycles. The van der Waals surface area contributed by atoms with E-state index < -0.39 is 18.4 Å². The highest BCUT2D eigenvalue weighted by Gasteiger charge is 2.28. The molecule has 2 heterocycles. The smallest absolute Gasteiger partial charge is 0.339 e. The van der Waals surface area contributed by atoms with Gasteiger partial charge in [-0.15, -0.1) is 0 Å². The number of carbonyl (C=O) groups excluding carboxylic acids is 2. The van der Waals surface area contributed by atoms with Gasteiger partial charge in [0.25, 0.3) is 0 Å². The van der Waals surface area contributed by atoms with Gasteiger partial charge in [-0.25, -0.2) is 9.78 Å². The Kier molecular flexibility index (Phi) is 5.67. The van der Waals surface area contributed by atoms with Crippen molar-refractivity contribution >= 4 is 34.3 Å². The van der Waals surface area contributed by atoms with Crippen molar-refractivity contribution in [1.29, 1.82) is 5.26 Å². The van der Waals surface area contributed by atoms with Crippen LogP contribution in [-0.4, -0.2) is 30.1 Å². The summed E-state index contributed by atoms with van der Waals surface area (Å²) >= 11 is 0. The van der Waals surface area contributed by atoms with E-state index in [1.807, 2.05) is 48.5 Å². The topological polar surface area (TPSA) is 125 Å². The summed E-state index contributed by atoms with van der Waals surface area (Å²) in [4.78, 5) is 30.4. The molecule has 0 unspecified atom stereocenters. The number of para-hydroxylation sites is 1. The van der Waals surface area contributed by atoms with Gasteiger partial charge >= 0.3 is 5.97 Å². The summed E-state index contributed by atoms with van der Waals surface area (Å²) < 4.78 is 16.2. The molecular formula is C27H21N3O5. The monoisotopic (exact) mass is 467 g/mol. The van der Waals surface area contributed by atoms with Gasteiger partial charge in [-0.3, -0.25) is 4.79 Å². The summed E-state index contributed by atoms with van der Waals surface area (Å²) in [5.74, 6) is 0.127. The van der Waals surface area contributed by atoms with Crippen LogP contribution < -0.4 is 15.2 Å². The van der Waals surface area contributed by atoms with Gasteiger partial charge in [0.2, 0.25) is 12.6 Å². The fraction of sp³-hybridized carbons (Fsp3) is 0.185. The molecule has 0 atom stereocenters. The number of allylic oxidation sites excluding steroid dienone is 2. The number of esters is 1. The number of Topliss-reactive ketones (excluding diaryl/α,β-unsaturated/α-hetero) is 1. The molecule has 0 radical (unpaired) electrons. The number of hydrogen-bond donors (Lipinski definition) is 1. The minimum Gasteiger partial charge on any atom is -0.454 e. The number of nitrogens with two attached hydrogens (primary N) is 1. The summed E-state index contributed by atoms with van der Waals surface area (Å²) in [5.41, 5.74) is 9.94. The van der Waals surface area contributed by atoms with Gasteiger partial charge in [0.1, 0.15) is 11.6 Å². The number of carbonyl (C=O) groups is 2. The molecule has 2 aliphatic rings. The van der Waals surface area contributed by atoms with E-state index in [2.05, 4.69) is 0 Å². The molecule has 0 spiro atoms. The van der Waals surface area contributed by atoms with E-state index >= 15 is 0 Å². The number of aromatic nitrogens is 1. The summed E-state index contributed by atoms with van der Waals surface area (Å²) in [5, 5.41) is 9.79. The maximum absolute atomic E-state index is 13.2. The van der Waals surface area contributed by atoms with Crippen LogP contribution in [0.1, 0.15) is 40.5 Å². The van der Waals surface area contributed by atoms with Crippen molar-refractivity contribution < 1.29 is 23.8 Å². The van der Waals surface area contributed by atoms with Gasteiger partial charge in [0.05, 0.1) is 16.8 Å². The molecule has 2 N–H and O–H groups in total. The van der Waals surface area contributed by atoms with Gasteiger partial charge in [-0.05, 0) is 60.7 Å². The Balaban J connectivity index is 1.51. The number of rotatable bonds is 5. The van der Waals surface area contributed by atoms with Crippen LogP contribution in [0.3, 0.4) is 0 Å². The normalized spacial score (nSPS) is 15.5. The van der Waals surface area contributed by atoms with Crippen LogP contribution in [0.5, 0.6) is 11.5 Å². The summed E-state index contributed by atoms with van der Waals surface area (Å²) in [6.45, 7) is 1.09. The van der Waals surface area contributed by atoms with Crippen molar-refractivity contribution in [3.63, 3.8) is 0 Å². The first kappa shape index (κ1) is 22.2. The zero-order valence-electron chi connectivity index (χ0n) is 19.0. The van der Waals surface area contributed by atoms with Crippen LogP contribution in [0.2, 0.25) is 0 Å². The molecular weight excluding hydrogens is 446 g/mol. The lowest BCUT2D eigenvalue weighted by Crippen LogP contribution is -2.19. The predicted molar refractivity (Wildman–Crippen MR) is 128 cm³/mol. The maximum atomic E-state index is 13.2. The van der Waals surface area contributed by atoms with Crippen molar-refractivity contribution in [1.82, 2.24) is 4.98 Å². The largest absolute Gasteiger partial charge is 0.454 e. The number of benzene rings is 2. The number of fused-ring (bicyclic) bond motifs is 3. The standard InChI is InChI=1S/C27H21N3O5/c1-15(29)20(12-28)22(31)13-33-27(32)25-18-4-2-3-5-21(18)30-26-17(7-8-19(25)26)10-16-6-9-23-24(11-16)35-14-34-23/h2-6,9-11H,7-8,13-14,29H2,1H3. The second kappa shape index (κ2) is 8.95. The molecule has 1 aromatic heterocycles. The summed E-state index contributed by atoms with van der Waals surface area (Å²) in [7, 11) is 0. The minimum atomic E-state index is -0.640. The molecule has 8 heteroatoms. The van der Waals surface area contributed by atoms with Gasteiger partial charge in [0, 0.05) is 11.1 Å². The molecule has 0 saturated carbocycles. The second-order valence-corrected chi connectivity index (χ2v) is 8.28. The number of ether oxygens (including phenoxy) is 3. The predicted octanol–water partition coefficient (Wildman–Crippen LogP) is 3.93. The molecule has 8 nitrogen and oxygen atoms in total. The van der Waals surface area contributed by atoms with Crippen molar-refractivity contribution in [2.24, 2.45) is 5.73 Å². The quantitative estimate of drug-likeness (QED) is 0.340.